The standard InChI is InChI=1S/C15H15BrFNO/c1-9-3-4-12(8-15(9)17)19-11-5-6-13(10(2)18)14(16)7-11/h3-8,10H,18H2,1-2H3. The van der Waals surface area contributed by atoms with E-state index in [4.69, 9.17) is 10.5 Å². The van der Waals surface area contributed by atoms with E-state index in [-0.39, 0.29) is 11.9 Å². The maximum Gasteiger partial charge on any atom is 0.130 e. The fourth-order valence-corrected chi connectivity index (χ4v) is 2.43. The summed E-state index contributed by atoms with van der Waals surface area (Å²) in [5, 5.41) is 0. The first-order valence-corrected chi connectivity index (χ1v) is 6.75. The van der Waals surface area contributed by atoms with Gasteiger partial charge in [-0.1, -0.05) is 28.1 Å². The Balaban J connectivity index is 2.24. The molecule has 0 spiro atoms. The molecule has 0 saturated heterocycles. The second-order valence-corrected chi connectivity index (χ2v) is 5.34. The van der Waals surface area contributed by atoms with Gasteiger partial charge in [0.25, 0.3) is 0 Å². The van der Waals surface area contributed by atoms with Crippen molar-refractivity contribution in [2.45, 2.75) is 19.9 Å². The van der Waals surface area contributed by atoms with Gasteiger partial charge in [-0.3, -0.25) is 0 Å². The van der Waals surface area contributed by atoms with Crippen LogP contribution in [0.1, 0.15) is 24.1 Å². The molecule has 2 rings (SSSR count). The molecule has 0 heterocycles. The summed E-state index contributed by atoms with van der Waals surface area (Å²) >= 11 is 3.45. The molecule has 100 valence electrons. The molecule has 2 nitrogen and oxygen atoms in total. The van der Waals surface area contributed by atoms with Crippen molar-refractivity contribution in [1.82, 2.24) is 0 Å². The van der Waals surface area contributed by atoms with Gasteiger partial charge >= 0.3 is 0 Å². The molecule has 2 aromatic rings. The number of hydrogen-bond acceptors (Lipinski definition) is 2. The predicted molar refractivity (Wildman–Crippen MR) is 78.0 cm³/mol. The zero-order valence-electron chi connectivity index (χ0n) is 10.8. The molecule has 1 atom stereocenters. The minimum Gasteiger partial charge on any atom is -0.457 e. The molecule has 1 unspecified atom stereocenters. The first-order chi connectivity index (χ1) is 8.97. The van der Waals surface area contributed by atoms with Crippen LogP contribution in [-0.2, 0) is 0 Å². The third-order valence-corrected chi connectivity index (χ3v) is 3.53. The van der Waals surface area contributed by atoms with E-state index in [1.807, 2.05) is 25.1 Å². The Morgan fingerprint density at radius 2 is 1.79 bits per heavy atom. The van der Waals surface area contributed by atoms with Crippen molar-refractivity contribution in [3.8, 4) is 11.5 Å². The molecule has 0 aliphatic heterocycles. The Morgan fingerprint density at radius 3 is 2.37 bits per heavy atom. The van der Waals surface area contributed by atoms with E-state index in [1.165, 1.54) is 6.07 Å². The van der Waals surface area contributed by atoms with Crippen molar-refractivity contribution in [2.75, 3.05) is 0 Å². The van der Waals surface area contributed by atoms with Crippen molar-refractivity contribution in [3.63, 3.8) is 0 Å². The maximum atomic E-state index is 13.4. The highest BCUT2D eigenvalue weighted by atomic mass is 79.9. The van der Waals surface area contributed by atoms with Crippen molar-refractivity contribution in [3.05, 3.63) is 57.8 Å². The van der Waals surface area contributed by atoms with Gasteiger partial charge in [0.1, 0.15) is 17.3 Å². The Morgan fingerprint density at radius 1 is 1.16 bits per heavy atom. The minimum absolute atomic E-state index is 0.0553. The highest BCUT2D eigenvalue weighted by Crippen LogP contribution is 2.30. The molecule has 4 heteroatoms. The van der Waals surface area contributed by atoms with E-state index in [0.717, 1.165) is 10.0 Å². The van der Waals surface area contributed by atoms with Crippen molar-refractivity contribution >= 4 is 15.9 Å². The van der Waals surface area contributed by atoms with Crippen molar-refractivity contribution in [2.24, 2.45) is 5.73 Å². The summed E-state index contributed by atoms with van der Waals surface area (Å²) in [6, 6.07) is 10.3. The predicted octanol–water partition coefficient (Wildman–Crippen LogP) is 4.71. The Hall–Kier alpha value is -1.39. The lowest BCUT2D eigenvalue weighted by atomic mass is 10.1. The minimum atomic E-state index is -0.274. The quantitative estimate of drug-likeness (QED) is 0.887. The van der Waals surface area contributed by atoms with E-state index >= 15 is 0 Å². The molecule has 0 radical (unpaired) electrons. The number of ether oxygens (including phenoxy) is 1. The highest BCUT2D eigenvalue weighted by Gasteiger charge is 2.07. The van der Waals surface area contributed by atoms with Crippen LogP contribution in [0.15, 0.2) is 40.9 Å². The van der Waals surface area contributed by atoms with Gasteiger partial charge in [0, 0.05) is 16.6 Å². The smallest absolute Gasteiger partial charge is 0.130 e. The second kappa shape index (κ2) is 5.72. The van der Waals surface area contributed by atoms with Crippen LogP contribution in [0.5, 0.6) is 11.5 Å². The SMILES string of the molecule is Cc1ccc(Oc2ccc(C(C)N)c(Br)c2)cc1F. The van der Waals surface area contributed by atoms with Gasteiger partial charge in [-0.25, -0.2) is 4.39 Å². The topological polar surface area (TPSA) is 35.2 Å². The summed E-state index contributed by atoms with van der Waals surface area (Å²) in [7, 11) is 0. The summed E-state index contributed by atoms with van der Waals surface area (Å²) < 4.78 is 19.9. The zero-order chi connectivity index (χ0) is 14.0. The molecule has 0 aliphatic rings. The first-order valence-electron chi connectivity index (χ1n) is 5.96. The van der Waals surface area contributed by atoms with Gasteiger partial charge in [-0.2, -0.15) is 0 Å². The van der Waals surface area contributed by atoms with Crippen LogP contribution in [0, 0.1) is 12.7 Å². The molecule has 0 saturated carbocycles. The Bertz CT molecular complexity index is 599. The molecular formula is C15H15BrFNO. The lowest BCUT2D eigenvalue weighted by molar-refractivity contribution is 0.475. The number of rotatable bonds is 3. The lowest BCUT2D eigenvalue weighted by Crippen LogP contribution is -2.05. The molecule has 0 bridgehead atoms. The van der Waals surface area contributed by atoms with E-state index in [1.54, 1.807) is 19.1 Å². The maximum absolute atomic E-state index is 13.4. The lowest BCUT2D eigenvalue weighted by Gasteiger charge is -2.11. The summed E-state index contributed by atoms with van der Waals surface area (Å²) in [5.41, 5.74) is 7.43. The molecule has 0 aliphatic carbocycles. The molecular weight excluding hydrogens is 309 g/mol. The van der Waals surface area contributed by atoms with Gasteiger partial charge in [0.2, 0.25) is 0 Å². The van der Waals surface area contributed by atoms with Gasteiger partial charge in [-0.15, -0.1) is 0 Å². The summed E-state index contributed by atoms with van der Waals surface area (Å²) in [6.45, 7) is 3.63. The molecule has 2 N–H and O–H groups in total. The Kier molecular flexibility index (Phi) is 4.22. The first kappa shape index (κ1) is 14.0. The average Bonchev–Trinajstić information content (AvgIpc) is 2.33. The van der Waals surface area contributed by atoms with E-state index < -0.39 is 0 Å². The fraction of sp³-hybridized carbons (Fsp3) is 0.200. The van der Waals surface area contributed by atoms with Gasteiger partial charge in [0.15, 0.2) is 0 Å². The molecule has 0 amide bonds. The third-order valence-electron chi connectivity index (χ3n) is 2.84. The van der Waals surface area contributed by atoms with Gasteiger partial charge < -0.3 is 10.5 Å². The number of benzene rings is 2. The van der Waals surface area contributed by atoms with Crippen molar-refractivity contribution in [1.29, 1.82) is 0 Å². The summed E-state index contributed by atoms with van der Waals surface area (Å²) in [5.74, 6) is 0.840. The van der Waals surface area contributed by atoms with Crippen LogP contribution >= 0.6 is 15.9 Å². The van der Waals surface area contributed by atoms with Gasteiger partial charge in [0.05, 0.1) is 0 Å². The van der Waals surface area contributed by atoms with E-state index in [9.17, 15) is 4.39 Å². The normalized spacial score (nSPS) is 12.3. The van der Waals surface area contributed by atoms with Crippen LogP contribution in [-0.4, -0.2) is 0 Å². The number of hydrogen-bond donors (Lipinski definition) is 1. The Labute approximate surface area is 120 Å². The fourth-order valence-electron chi connectivity index (χ4n) is 1.71. The van der Waals surface area contributed by atoms with Gasteiger partial charge in [-0.05, 0) is 43.2 Å². The monoisotopic (exact) mass is 323 g/mol. The van der Waals surface area contributed by atoms with Crippen LogP contribution in [0.25, 0.3) is 0 Å². The molecule has 0 aromatic heterocycles. The zero-order valence-corrected chi connectivity index (χ0v) is 12.4. The second-order valence-electron chi connectivity index (χ2n) is 4.49. The van der Waals surface area contributed by atoms with Crippen molar-refractivity contribution < 1.29 is 9.13 Å². The number of nitrogens with two attached hydrogens (primary N) is 1. The molecule has 2 aromatic carbocycles. The van der Waals surface area contributed by atoms with Crippen LogP contribution in [0.3, 0.4) is 0 Å². The highest BCUT2D eigenvalue weighted by molar-refractivity contribution is 9.10. The third kappa shape index (κ3) is 3.33. The van der Waals surface area contributed by atoms with Crippen LogP contribution in [0.4, 0.5) is 4.39 Å². The summed E-state index contributed by atoms with van der Waals surface area (Å²) in [6.07, 6.45) is 0. The van der Waals surface area contributed by atoms with E-state index in [2.05, 4.69) is 15.9 Å². The van der Waals surface area contributed by atoms with E-state index in [0.29, 0.717) is 17.1 Å². The largest absolute Gasteiger partial charge is 0.457 e. The average molecular weight is 324 g/mol. The number of halogens is 2. The van der Waals surface area contributed by atoms with Crippen LogP contribution in [0.2, 0.25) is 0 Å². The summed E-state index contributed by atoms with van der Waals surface area (Å²) in [4.78, 5) is 0. The molecule has 0 fully saturated rings. The molecule has 19 heavy (non-hydrogen) atoms. The number of aryl methyl sites for hydroxylation is 1. The van der Waals surface area contributed by atoms with Crippen LogP contribution < -0.4 is 10.5 Å².